The van der Waals surface area contributed by atoms with Gasteiger partial charge < -0.3 is 19.3 Å². The van der Waals surface area contributed by atoms with Crippen LogP contribution < -0.4 is 0 Å². The van der Waals surface area contributed by atoms with Crippen LogP contribution in [0.4, 0.5) is 4.79 Å². The predicted octanol–water partition coefficient (Wildman–Crippen LogP) is 4.48. The summed E-state index contributed by atoms with van der Waals surface area (Å²) in [5.74, 6) is -1.04. The number of ether oxygens (including phenoxy) is 3. The van der Waals surface area contributed by atoms with Crippen LogP contribution in [0, 0.1) is 28.6 Å². The highest BCUT2D eigenvalue weighted by atomic mass is 16.7. The van der Waals surface area contributed by atoms with Crippen molar-refractivity contribution in [2.75, 3.05) is 13.2 Å². The quantitative estimate of drug-likeness (QED) is 0.371. The molecular weight excluding hydrogens is 476 g/mol. The van der Waals surface area contributed by atoms with Crippen molar-refractivity contribution in [1.29, 1.82) is 0 Å². The zero-order valence-electron chi connectivity index (χ0n) is 22.4. The van der Waals surface area contributed by atoms with E-state index in [0.717, 1.165) is 24.8 Å². The maximum Gasteiger partial charge on any atom is 0.509 e. The van der Waals surface area contributed by atoms with Crippen molar-refractivity contribution in [2.24, 2.45) is 28.6 Å². The molecule has 0 bridgehead atoms. The number of carbonyl (C=O) groups excluding carboxylic acids is 4. The lowest BCUT2D eigenvalue weighted by Crippen LogP contribution is -2.63. The van der Waals surface area contributed by atoms with E-state index in [9.17, 15) is 24.3 Å². The van der Waals surface area contributed by atoms with E-state index in [0.29, 0.717) is 12.8 Å². The van der Waals surface area contributed by atoms with E-state index >= 15 is 0 Å². The van der Waals surface area contributed by atoms with Crippen molar-refractivity contribution in [3.8, 4) is 0 Å². The maximum atomic E-state index is 13.8. The standard InChI is InChI=1S/C29H40O8/c1-5-7-14-35-26(34)37-29(23(32)17-36-24(33)6-2)13-11-21-20-9-8-18-15-19(30)10-12-27(18,3)25(20)22(31)16-28(21,29)4/h10,12,15,20-22,25,31H,5-9,11,13-14,16-17H2,1-4H3/t20-,21-,22?,25+,27-,28-,29-/m0/s1. The number of esters is 1. The minimum Gasteiger partial charge on any atom is -0.457 e. The topological polar surface area (TPSA) is 116 Å². The number of fused-ring (bicyclic) bond motifs is 5. The number of aliphatic hydroxyl groups excluding tert-OH is 1. The minimum absolute atomic E-state index is 0.000397. The lowest BCUT2D eigenvalue weighted by molar-refractivity contribution is -0.185. The van der Waals surface area contributed by atoms with Crippen LogP contribution in [0.15, 0.2) is 23.8 Å². The molecule has 1 N–H and O–H groups in total. The van der Waals surface area contributed by atoms with E-state index in [2.05, 4.69) is 6.92 Å². The van der Waals surface area contributed by atoms with Crippen molar-refractivity contribution in [3.63, 3.8) is 0 Å². The van der Waals surface area contributed by atoms with Crippen molar-refractivity contribution in [3.05, 3.63) is 23.8 Å². The summed E-state index contributed by atoms with van der Waals surface area (Å²) in [6.45, 7) is 7.34. The fraction of sp³-hybridized carbons (Fsp3) is 0.724. The number of Topliss-reactive ketones (excluding diaryl/α,β-unsaturated/α-hetero) is 1. The van der Waals surface area contributed by atoms with E-state index in [4.69, 9.17) is 14.2 Å². The van der Waals surface area contributed by atoms with Gasteiger partial charge in [-0.25, -0.2) is 4.79 Å². The number of allylic oxidation sites excluding steroid dienone is 4. The minimum atomic E-state index is -1.56. The molecule has 0 spiro atoms. The molecule has 0 saturated heterocycles. The Balaban J connectivity index is 1.67. The largest absolute Gasteiger partial charge is 0.509 e. The summed E-state index contributed by atoms with van der Waals surface area (Å²) in [4.78, 5) is 50.5. The third-order valence-electron chi connectivity index (χ3n) is 9.69. The summed E-state index contributed by atoms with van der Waals surface area (Å²) >= 11 is 0. The van der Waals surface area contributed by atoms with Gasteiger partial charge >= 0.3 is 12.1 Å². The van der Waals surface area contributed by atoms with Crippen molar-refractivity contribution >= 4 is 23.7 Å². The first-order chi connectivity index (χ1) is 17.5. The fourth-order valence-corrected chi connectivity index (χ4v) is 7.83. The number of aliphatic hydroxyl groups is 1. The number of rotatable bonds is 8. The van der Waals surface area contributed by atoms with Crippen LogP contribution in [-0.2, 0) is 28.6 Å². The van der Waals surface area contributed by atoms with Crippen LogP contribution in [0.1, 0.15) is 79.1 Å². The third-order valence-corrected chi connectivity index (χ3v) is 9.69. The lowest BCUT2D eigenvalue weighted by Gasteiger charge is -2.59. The van der Waals surface area contributed by atoms with Crippen LogP contribution in [-0.4, -0.2) is 53.7 Å². The molecule has 4 rings (SSSR count). The van der Waals surface area contributed by atoms with Gasteiger partial charge in [0.2, 0.25) is 5.78 Å². The van der Waals surface area contributed by atoms with Crippen molar-refractivity contribution in [1.82, 2.24) is 0 Å². The average Bonchev–Trinajstić information content (AvgIpc) is 3.14. The highest BCUT2D eigenvalue weighted by molar-refractivity contribution is 6.01. The molecule has 7 atom stereocenters. The summed E-state index contributed by atoms with van der Waals surface area (Å²) in [5.41, 5.74) is -1.81. The van der Waals surface area contributed by atoms with E-state index in [1.54, 1.807) is 19.1 Å². The molecule has 0 aliphatic heterocycles. The molecule has 3 saturated carbocycles. The molecule has 4 aliphatic carbocycles. The molecule has 8 nitrogen and oxygen atoms in total. The Labute approximate surface area is 218 Å². The smallest absolute Gasteiger partial charge is 0.457 e. The summed E-state index contributed by atoms with van der Waals surface area (Å²) in [6.07, 6.45) is 7.88. The third kappa shape index (κ3) is 4.55. The molecule has 0 heterocycles. The highest BCUT2D eigenvalue weighted by Crippen LogP contribution is 2.68. The Hall–Kier alpha value is -2.48. The zero-order valence-corrected chi connectivity index (χ0v) is 22.4. The Morgan fingerprint density at radius 2 is 1.89 bits per heavy atom. The first-order valence-electron chi connectivity index (χ1n) is 13.7. The van der Waals surface area contributed by atoms with Gasteiger partial charge in [-0.15, -0.1) is 0 Å². The molecular formula is C29H40O8. The van der Waals surface area contributed by atoms with E-state index in [1.165, 1.54) is 0 Å². The van der Waals surface area contributed by atoms with Gasteiger partial charge in [-0.3, -0.25) is 14.4 Å². The fourth-order valence-electron chi connectivity index (χ4n) is 7.83. The monoisotopic (exact) mass is 516 g/mol. The average molecular weight is 517 g/mol. The summed E-state index contributed by atoms with van der Waals surface area (Å²) in [7, 11) is 0. The number of unbranched alkanes of at least 4 members (excludes halogenated alkanes) is 1. The van der Waals surface area contributed by atoms with E-state index < -0.39 is 47.0 Å². The molecule has 37 heavy (non-hydrogen) atoms. The van der Waals surface area contributed by atoms with Crippen LogP contribution in [0.5, 0.6) is 0 Å². The molecule has 8 heteroatoms. The SMILES string of the molecule is CCCCOC(=O)O[C@]1(C(=O)COC(=O)CC)CC[C@H]2[C@@H]3CCC4=CC(=O)C=C[C@]4(C)[C@H]3C(O)C[C@@]21C. The molecule has 0 radical (unpaired) electrons. The normalized spacial score (nSPS) is 38.1. The maximum absolute atomic E-state index is 13.8. The zero-order chi connectivity index (χ0) is 27.0. The summed E-state index contributed by atoms with van der Waals surface area (Å²) < 4.78 is 16.4. The molecule has 4 aliphatic rings. The number of carbonyl (C=O) groups is 4. The van der Waals surface area contributed by atoms with Gasteiger partial charge in [0.05, 0.1) is 12.7 Å². The second kappa shape index (κ2) is 10.4. The van der Waals surface area contributed by atoms with Crippen molar-refractivity contribution in [2.45, 2.75) is 90.8 Å². The first-order valence-corrected chi connectivity index (χ1v) is 13.7. The Bertz CT molecular complexity index is 1010. The van der Waals surface area contributed by atoms with Gasteiger partial charge in [0.15, 0.2) is 18.0 Å². The summed E-state index contributed by atoms with van der Waals surface area (Å²) in [6, 6.07) is 0. The second-order valence-corrected chi connectivity index (χ2v) is 11.6. The Kier molecular flexibility index (Phi) is 7.71. The Morgan fingerprint density at radius 3 is 2.59 bits per heavy atom. The molecule has 0 aromatic heterocycles. The molecule has 0 amide bonds. The predicted molar refractivity (Wildman–Crippen MR) is 134 cm³/mol. The number of ketones is 2. The van der Waals surface area contributed by atoms with Crippen LogP contribution in [0.25, 0.3) is 0 Å². The second-order valence-electron chi connectivity index (χ2n) is 11.6. The lowest BCUT2D eigenvalue weighted by atomic mass is 9.46. The van der Waals surface area contributed by atoms with Gasteiger partial charge in [0.25, 0.3) is 0 Å². The van der Waals surface area contributed by atoms with E-state index in [-0.39, 0.29) is 49.4 Å². The Morgan fingerprint density at radius 1 is 1.14 bits per heavy atom. The molecule has 3 fully saturated rings. The van der Waals surface area contributed by atoms with Gasteiger partial charge in [-0.2, -0.15) is 0 Å². The van der Waals surface area contributed by atoms with Crippen LogP contribution in [0.3, 0.4) is 0 Å². The van der Waals surface area contributed by atoms with Crippen LogP contribution in [0.2, 0.25) is 0 Å². The van der Waals surface area contributed by atoms with E-state index in [1.807, 2.05) is 19.9 Å². The molecule has 0 aromatic rings. The van der Waals surface area contributed by atoms with Gasteiger partial charge in [-0.05, 0) is 62.5 Å². The molecule has 0 aromatic carbocycles. The number of hydrogen-bond acceptors (Lipinski definition) is 8. The summed E-state index contributed by atoms with van der Waals surface area (Å²) in [5, 5.41) is 11.6. The van der Waals surface area contributed by atoms with Gasteiger partial charge in [0.1, 0.15) is 0 Å². The van der Waals surface area contributed by atoms with Gasteiger partial charge in [0, 0.05) is 23.2 Å². The number of hydrogen-bond donors (Lipinski definition) is 1. The van der Waals surface area contributed by atoms with Crippen molar-refractivity contribution < 1.29 is 38.5 Å². The molecule has 204 valence electrons. The van der Waals surface area contributed by atoms with Gasteiger partial charge in [-0.1, -0.05) is 45.8 Å². The van der Waals surface area contributed by atoms with Crippen LogP contribution >= 0.6 is 0 Å². The highest BCUT2D eigenvalue weighted by Gasteiger charge is 2.70. The molecule has 1 unspecified atom stereocenters. The first kappa shape index (κ1) is 27.6.